The van der Waals surface area contributed by atoms with Crippen molar-refractivity contribution >= 4 is 23.8 Å². The van der Waals surface area contributed by atoms with E-state index in [0.717, 1.165) is 12.2 Å². The highest BCUT2D eigenvalue weighted by atomic mass is 32.2. The summed E-state index contributed by atoms with van der Waals surface area (Å²) in [5, 5.41) is 13.1. The van der Waals surface area contributed by atoms with Gasteiger partial charge in [-0.2, -0.15) is 0 Å². The molecule has 1 saturated carbocycles. The van der Waals surface area contributed by atoms with Crippen LogP contribution in [0, 0.1) is 5.92 Å². The number of carbonyl (C=O) groups excluding carboxylic acids is 2. The molecule has 0 atom stereocenters. The van der Waals surface area contributed by atoms with Gasteiger partial charge in [0.15, 0.2) is 0 Å². The van der Waals surface area contributed by atoms with Gasteiger partial charge in [-0.25, -0.2) is 14.6 Å². The Morgan fingerprint density at radius 1 is 1.36 bits per heavy atom. The minimum atomic E-state index is -0.414. The molecule has 0 spiro atoms. The largest absolute Gasteiger partial charge is 0.463 e. The highest BCUT2D eigenvalue weighted by Gasteiger charge is 2.24. The molecule has 0 bridgehead atoms. The van der Waals surface area contributed by atoms with Crippen molar-refractivity contribution in [2.24, 2.45) is 5.92 Å². The van der Waals surface area contributed by atoms with Gasteiger partial charge in [-0.05, 0) is 12.8 Å². The summed E-state index contributed by atoms with van der Waals surface area (Å²) in [4.78, 5) is 28.1. The lowest BCUT2D eigenvalue weighted by atomic mass is 10.0. The van der Waals surface area contributed by atoms with Gasteiger partial charge in [-0.1, -0.05) is 37.4 Å². The SMILES string of the molecule is CCOC(=O)C1=C(CSc2n[nH]c(CC3CCCC3)n2)NC(=O)NC1. The van der Waals surface area contributed by atoms with Crippen LogP contribution in [-0.2, 0) is 16.0 Å². The maximum Gasteiger partial charge on any atom is 0.337 e. The third-order valence-electron chi connectivity index (χ3n) is 4.39. The van der Waals surface area contributed by atoms with E-state index in [1.165, 1.54) is 37.4 Å². The number of aromatic nitrogens is 3. The van der Waals surface area contributed by atoms with Crippen molar-refractivity contribution in [3.63, 3.8) is 0 Å². The molecule has 1 aliphatic carbocycles. The normalized spacial score (nSPS) is 18.2. The topological polar surface area (TPSA) is 109 Å². The van der Waals surface area contributed by atoms with Gasteiger partial charge in [0.2, 0.25) is 5.16 Å². The molecule has 25 heavy (non-hydrogen) atoms. The second kappa shape index (κ2) is 8.37. The lowest BCUT2D eigenvalue weighted by Crippen LogP contribution is -2.44. The first-order valence-electron chi connectivity index (χ1n) is 8.63. The van der Waals surface area contributed by atoms with Gasteiger partial charge in [0.1, 0.15) is 5.82 Å². The Balaban J connectivity index is 1.61. The van der Waals surface area contributed by atoms with Crippen molar-refractivity contribution in [1.29, 1.82) is 0 Å². The molecular weight excluding hydrogens is 342 g/mol. The summed E-state index contributed by atoms with van der Waals surface area (Å²) in [5.41, 5.74) is 0.991. The molecule has 2 amide bonds. The van der Waals surface area contributed by atoms with Gasteiger partial charge in [0.05, 0.1) is 18.7 Å². The molecule has 2 aliphatic rings. The Morgan fingerprint density at radius 3 is 2.92 bits per heavy atom. The van der Waals surface area contributed by atoms with E-state index >= 15 is 0 Å². The van der Waals surface area contributed by atoms with Crippen LogP contribution >= 0.6 is 11.8 Å². The van der Waals surface area contributed by atoms with Crippen molar-refractivity contribution in [3.8, 4) is 0 Å². The molecule has 1 aliphatic heterocycles. The van der Waals surface area contributed by atoms with E-state index in [4.69, 9.17) is 4.74 Å². The number of rotatable bonds is 7. The Hall–Kier alpha value is -2.03. The minimum absolute atomic E-state index is 0.168. The Kier molecular flexibility index (Phi) is 5.95. The van der Waals surface area contributed by atoms with Crippen LogP contribution in [0.2, 0.25) is 0 Å². The Morgan fingerprint density at radius 2 is 2.16 bits per heavy atom. The number of ether oxygens (including phenoxy) is 1. The quantitative estimate of drug-likeness (QED) is 0.502. The summed E-state index contributed by atoms with van der Waals surface area (Å²) >= 11 is 1.39. The standard InChI is InChI=1S/C16H23N5O3S/c1-2-24-14(22)11-8-17-15(23)18-12(11)9-25-16-19-13(20-21-16)7-10-5-3-4-6-10/h10H,2-9H2,1H3,(H2,17,18,23)(H,19,20,21). The smallest absolute Gasteiger partial charge is 0.337 e. The number of amides is 2. The number of hydrogen-bond donors (Lipinski definition) is 3. The zero-order chi connectivity index (χ0) is 17.6. The molecule has 9 heteroatoms. The van der Waals surface area contributed by atoms with Crippen LogP contribution in [0.25, 0.3) is 0 Å². The van der Waals surface area contributed by atoms with Crippen LogP contribution in [0.3, 0.4) is 0 Å². The predicted octanol–water partition coefficient (Wildman–Crippen LogP) is 1.76. The average molecular weight is 365 g/mol. The lowest BCUT2D eigenvalue weighted by molar-refractivity contribution is -0.138. The fourth-order valence-electron chi connectivity index (χ4n) is 3.13. The van der Waals surface area contributed by atoms with Crippen LogP contribution < -0.4 is 10.6 Å². The molecule has 1 aromatic rings. The first-order chi connectivity index (χ1) is 12.2. The molecule has 0 unspecified atom stereocenters. The van der Waals surface area contributed by atoms with Crippen LogP contribution in [0.4, 0.5) is 4.79 Å². The van der Waals surface area contributed by atoms with E-state index in [9.17, 15) is 9.59 Å². The monoisotopic (exact) mass is 365 g/mol. The number of aromatic amines is 1. The predicted molar refractivity (Wildman–Crippen MR) is 93.0 cm³/mol. The van der Waals surface area contributed by atoms with Gasteiger partial charge < -0.3 is 15.4 Å². The first kappa shape index (κ1) is 17.8. The molecule has 1 aromatic heterocycles. The lowest BCUT2D eigenvalue weighted by Gasteiger charge is -2.20. The molecule has 1 fully saturated rings. The summed E-state index contributed by atoms with van der Waals surface area (Å²) < 4.78 is 5.04. The summed E-state index contributed by atoms with van der Waals surface area (Å²) in [7, 11) is 0. The molecular formula is C16H23N5O3S. The summed E-state index contributed by atoms with van der Waals surface area (Å²) in [6, 6.07) is -0.319. The zero-order valence-corrected chi connectivity index (χ0v) is 15.1. The summed E-state index contributed by atoms with van der Waals surface area (Å²) in [6.07, 6.45) is 6.07. The molecule has 136 valence electrons. The fourth-order valence-corrected chi connectivity index (χ4v) is 3.93. The summed E-state index contributed by atoms with van der Waals surface area (Å²) in [6.45, 7) is 2.21. The zero-order valence-electron chi connectivity index (χ0n) is 14.3. The molecule has 3 N–H and O–H groups in total. The van der Waals surface area contributed by atoms with Crippen LogP contribution in [0.15, 0.2) is 16.4 Å². The number of carbonyl (C=O) groups is 2. The number of H-pyrrole nitrogens is 1. The number of hydrogen-bond acceptors (Lipinski definition) is 6. The molecule has 8 nitrogen and oxygen atoms in total. The maximum atomic E-state index is 12.0. The van der Waals surface area contributed by atoms with Gasteiger partial charge in [-0.15, -0.1) is 5.10 Å². The average Bonchev–Trinajstić information content (AvgIpc) is 3.25. The van der Waals surface area contributed by atoms with Crippen LogP contribution in [0.5, 0.6) is 0 Å². The van der Waals surface area contributed by atoms with Gasteiger partial charge in [0, 0.05) is 17.9 Å². The number of esters is 1. The van der Waals surface area contributed by atoms with Gasteiger partial charge in [-0.3, -0.25) is 5.10 Å². The first-order valence-corrected chi connectivity index (χ1v) is 9.62. The van der Waals surface area contributed by atoms with Gasteiger partial charge in [0.25, 0.3) is 0 Å². The highest BCUT2D eigenvalue weighted by molar-refractivity contribution is 7.99. The van der Waals surface area contributed by atoms with E-state index < -0.39 is 5.97 Å². The number of nitrogens with zero attached hydrogens (tertiary/aromatic N) is 2. The third-order valence-corrected chi connectivity index (χ3v) is 5.26. The second-order valence-electron chi connectivity index (χ2n) is 6.19. The van der Waals surface area contributed by atoms with Crippen LogP contribution in [-0.4, -0.2) is 46.1 Å². The van der Waals surface area contributed by atoms with Crippen molar-refractivity contribution in [2.45, 2.75) is 44.2 Å². The second-order valence-corrected chi connectivity index (χ2v) is 7.14. The molecule has 0 saturated heterocycles. The van der Waals surface area contributed by atoms with Crippen LogP contribution in [0.1, 0.15) is 38.4 Å². The maximum absolute atomic E-state index is 12.0. The van der Waals surface area contributed by atoms with E-state index in [1.54, 1.807) is 6.92 Å². The Bertz CT molecular complexity index is 666. The fraction of sp³-hybridized carbons (Fsp3) is 0.625. The molecule has 0 radical (unpaired) electrons. The minimum Gasteiger partial charge on any atom is -0.463 e. The number of nitrogens with one attached hydrogen (secondary N) is 3. The van der Waals surface area contributed by atoms with Crippen molar-refractivity contribution < 1.29 is 14.3 Å². The molecule has 2 heterocycles. The van der Waals surface area contributed by atoms with Crippen molar-refractivity contribution in [3.05, 3.63) is 17.1 Å². The summed E-state index contributed by atoms with van der Waals surface area (Å²) in [5.74, 6) is 1.60. The van der Waals surface area contributed by atoms with E-state index in [0.29, 0.717) is 34.7 Å². The molecule has 3 rings (SSSR count). The highest BCUT2D eigenvalue weighted by Crippen LogP contribution is 2.27. The third kappa shape index (κ3) is 4.75. The number of urea groups is 1. The van der Waals surface area contributed by atoms with E-state index in [-0.39, 0.29) is 12.6 Å². The van der Waals surface area contributed by atoms with E-state index in [2.05, 4.69) is 25.8 Å². The Labute approximate surface area is 150 Å². The van der Waals surface area contributed by atoms with Crippen molar-refractivity contribution in [2.75, 3.05) is 18.9 Å². The van der Waals surface area contributed by atoms with Gasteiger partial charge >= 0.3 is 12.0 Å². The number of thioether (sulfide) groups is 1. The molecule has 0 aromatic carbocycles. The van der Waals surface area contributed by atoms with Crippen molar-refractivity contribution in [1.82, 2.24) is 25.8 Å². The van der Waals surface area contributed by atoms with E-state index in [1.807, 2.05) is 0 Å².